The lowest BCUT2D eigenvalue weighted by molar-refractivity contribution is -0.143. The summed E-state index contributed by atoms with van der Waals surface area (Å²) in [7, 11) is 0. The zero-order valence-electron chi connectivity index (χ0n) is 21.7. The minimum absolute atomic E-state index is 0.0206. The van der Waals surface area contributed by atoms with Gasteiger partial charge >= 0.3 is 18.1 Å². The van der Waals surface area contributed by atoms with E-state index >= 15 is 0 Å². The molecule has 7 nitrogen and oxygen atoms in total. The maximum atomic E-state index is 13.4. The Hall–Kier alpha value is -4.04. The summed E-state index contributed by atoms with van der Waals surface area (Å²) in [6.07, 6.45) is -2.63. The van der Waals surface area contributed by atoms with Crippen LogP contribution in [0, 0.1) is 6.92 Å². The lowest BCUT2D eigenvalue weighted by atomic mass is 9.99. The fraction of sp³-hybridized carbons (Fsp3) is 0.379. The number of hydrogen-bond acceptors (Lipinski definition) is 4. The predicted octanol–water partition coefficient (Wildman–Crippen LogP) is 4.78. The highest BCUT2D eigenvalue weighted by Crippen LogP contribution is 2.32. The molecule has 0 radical (unpaired) electrons. The molecule has 0 saturated heterocycles. The van der Waals surface area contributed by atoms with Crippen LogP contribution in [0.15, 0.2) is 36.4 Å². The Kier molecular flexibility index (Phi) is 8.16. The van der Waals surface area contributed by atoms with E-state index in [4.69, 9.17) is 9.84 Å². The molecule has 0 aliphatic carbocycles. The van der Waals surface area contributed by atoms with E-state index in [1.165, 1.54) is 6.07 Å². The van der Waals surface area contributed by atoms with Gasteiger partial charge in [-0.2, -0.15) is 13.2 Å². The van der Waals surface area contributed by atoms with Crippen molar-refractivity contribution in [3.05, 3.63) is 69.6 Å². The quantitative estimate of drug-likeness (QED) is 0.276. The number of rotatable bonds is 11. The zero-order valence-corrected chi connectivity index (χ0v) is 21.7. The zero-order chi connectivity index (χ0) is 28.3. The van der Waals surface area contributed by atoms with Gasteiger partial charge in [-0.15, -0.1) is 0 Å². The normalized spacial score (nSPS) is 11.8. The minimum atomic E-state index is -4.50. The summed E-state index contributed by atoms with van der Waals surface area (Å²) in [5.41, 5.74) is 4.14. The Morgan fingerprint density at radius 3 is 2.44 bits per heavy atom. The molecular formula is C29H29F3N2O5. The smallest absolute Gasteiger partial charge is 0.416 e. The molecule has 0 atom stereocenters. The summed E-state index contributed by atoms with van der Waals surface area (Å²) in [6, 6.07) is 8.79. The van der Waals surface area contributed by atoms with E-state index in [0.29, 0.717) is 42.4 Å². The van der Waals surface area contributed by atoms with Gasteiger partial charge in [-0.1, -0.05) is 18.2 Å². The number of ether oxygens (including phenoxy) is 1. The van der Waals surface area contributed by atoms with Gasteiger partial charge in [0.25, 0.3) is 0 Å². The first-order chi connectivity index (χ1) is 18.6. The van der Waals surface area contributed by atoms with Crippen molar-refractivity contribution in [2.24, 2.45) is 0 Å². The number of imidazole rings is 1. The van der Waals surface area contributed by atoms with Crippen molar-refractivity contribution in [2.75, 3.05) is 6.61 Å². The SMILES string of the molecule is CCOC(=O)CCCc1c(CCCC(=O)O)c2ccc(C)c3n(Cc4cccc(C(F)(F)F)c4)c(=C=O)c1n23. The van der Waals surface area contributed by atoms with Gasteiger partial charge in [0.05, 0.1) is 29.7 Å². The molecule has 0 saturated carbocycles. The van der Waals surface area contributed by atoms with Gasteiger partial charge in [0.1, 0.15) is 5.65 Å². The summed E-state index contributed by atoms with van der Waals surface area (Å²) in [5, 5.41) is 9.36. The van der Waals surface area contributed by atoms with Crippen molar-refractivity contribution in [1.29, 1.82) is 0 Å². The number of carbonyl (C=O) groups is 2. The summed E-state index contributed by atoms with van der Waals surface area (Å²) in [4.78, 5) is 35.6. The predicted molar refractivity (Wildman–Crippen MR) is 138 cm³/mol. The van der Waals surface area contributed by atoms with Gasteiger partial charge in [0.15, 0.2) is 11.3 Å². The van der Waals surface area contributed by atoms with Crippen LogP contribution in [0.4, 0.5) is 13.2 Å². The molecule has 1 aromatic carbocycles. The van der Waals surface area contributed by atoms with E-state index in [0.717, 1.165) is 34.3 Å². The van der Waals surface area contributed by atoms with Crippen molar-refractivity contribution in [3.8, 4) is 0 Å². The van der Waals surface area contributed by atoms with Crippen molar-refractivity contribution in [2.45, 2.75) is 65.1 Å². The number of nitrogens with zero attached hydrogens (tertiary/aromatic N) is 2. The molecule has 4 aromatic rings. The van der Waals surface area contributed by atoms with Crippen LogP contribution in [0.1, 0.15) is 60.4 Å². The Balaban J connectivity index is 1.88. The number of carboxylic acid groups (broad SMARTS) is 1. The topological polar surface area (TPSA) is 90.0 Å². The Morgan fingerprint density at radius 2 is 1.77 bits per heavy atom. The molecule has 39 heavy (non-hydrogen) atoms. The van der Waals surface area contributed by atoms with Crippen LogP contribution in [0.25, 0.3) is 16.7 Å². The number of aryl methyl sites for hydroxylation is 3. The van der Waals surface area contributed by atoms with Crippen molar-refractivity contribution in [1.82, 2.24) is 8.97 Å². The summed E-state index contributed by atoms with van der Waals surface area (Å²) < 4.78 is 48.7. The van der Waals surface area contributed by atoms with Crippen LogP contribution in [-0.4, -0.2) is 38.6 Å². The molecule has 1 N–H and O–H groups in total. The molecule has 0 aliphatic rings. The number of aromatic nitrogens is 2. The first-order valence-electron chi connectivity index (χ1n) is 12.8. The number of esters is 1. The average molecular weight is 543 g/mol. The van der Waals surface area contributed by atoms with Gasteiger partial charge in [-0.3, -0.25) is 14.0 Å². The molecule has 4 rings (SSSR count). The molecule has 0 amide bonds. The summed E-state index contributed by atoms with van der Waals surface area (Å²) >= 11 is 0. The minimum Gasteiger partial charge on any atom is -0.481 e. The number of hydrogen-bond donors (Lipinski definition) is 1. The van der Waals surface area contributed by atoms with E-state index in [-0.39, 0.29) is 37.3 Å². The van der Waals surface area contributed by atoms with E-state index in [1.807, 2.05) is 29.4 Å². The first-order valence-corrected chi connectivity index (χ1v) is 12.8. The third kappa shape index (κ3) is 5.71. The fourth-order valence-corrected chi connectivity index (χ4v) is 5.25. The summed E-state index contributed by atoms with van der Waals surface area (Å²) in [6.45, 7) is 3.87. The van der Waals surface area contributed by atoms with Crippen LogP contribution in [-0.2, 0) is 44.7 Å². The molecule has 0 bridgehead atoms. The number of carboxylic acids is 1. The molecule has 0 aliphatic heterocycles. The van der Waals surface area contributed by atoms with E-state index in [9.17, 15) is 27.6 Å². The number of pyridine rings is 1. The highest BCUT2D eigenvalue weighted by Gasteiger charge is 2.30. The van der Waals surface area contributed by atoms with Crippen LogP contribution >= 0.6 is 0 Å². The van der Waals surface area contributed by atoms with Crippen molar-refractivity contribution < 1.29 is 37.4 Å². The van der Waals surface area contributed by atoms with Crippen LogP contribution in [0.3, 0.4) is 0 Å². The molecule has 10 heteroatoms. The fourth-order valence-electron chi connectivity index (χ4n) is 5.25. The third-order valence-electron chi connectivity index (χ3n) is 6.85. The number of alkyl halides is 3. The van der Waals surface area contributed by atoms with E-state index in [2.05, 4.69) is 0 Å². The second-order valence-corrected chi connectivity index (χ2v) is 9.51. The highest BCUT2D eigenvalue weighted by atomic mass is 19.4. The van der Waals surface area contributed by atoms with Gasteiger partial charge in [-0.25, -0.2) is 4.79 Å². The molecule has 3 aromatic heterocycles. The Labute approximate surface area is 222 Å². The monoisotopic (exact) mass is 542 g/mol. The summed E-state index contributed by atoms with van der Waals surface area (Å²) in [5.74, 6) is 0.780. The molecule has 0 unspecified atom stereocenters. The molecule has 0 spiro atoms. The average Bonchev–Trinajstić information content (AvgIpc) is 3.35. The Bertz CT molecular complexity index is 1610. The van der Waals surface area contributed by atoms with Gasteiger partial charge in [-0.05, 0) is 80.0 Å². The Morgan fingerprint density at radius 1 is 1.05 bits per heavy atom. The standard InChI is InChI=1S/C29H29F3N2O5/c1-3-39-26(38)12-6-10-22-21(9-5-11-25(36)37)23-14-13-18(2)28-33(24(17-35)27(22)34(23)28)16-19-7-4-8-20(15-19)29(30,31)32/h4,7-8,13-15H,3,5-6,9-12,16H2,1-2H3,(H,36,37). The van der Waals surface area contributed by atoms with Crippen molar-refractivity contribution in [3.63, 3.8) is 0 Å². The number of aliphatic carboxylic acids is 1. The van der Waals surface area contributed by atoms with Crippen molar-refractivity contribution >= 4 is 34.6 Å². The van der Waals surface area contributed by atoms with Crippen LogP contribution in [0.2, 0.25) is 0 Å². The number of halogens is 3. The van der Waals surface area contributed by atoms with Gasteiger partial charge < -0.3 is 14.4 Å². The molecule has 206 valence electrons. The first kappa shape index (κ1) is 28.0. The van der Waals surface area contributed by atoms with Gasteiger partial charge in [0, 0.05) is 12.8 Å². The second kappa shape index (κ2) is 11.4. The maximum Gasteiger partial charge on any atom is 0.416 e. The lowest BCUT2D eigenvalue weighted by Gasteiger charge is -2.12. The molecular weight excluding hydrogens is 513 g/mol. The number of carbonyl (C=O) groups excluding carboxylic acids is 2. The van der Waals surface area contributed by atoms with Gasteiger partial charge in [0.2, 0.25) is 0 Å². The largest absolute Gasteiger partial charge is 0.481 e. The lowest BCUT2D eigenvalue weighted by Crippen LogP contribution is -2.20. The third-order valence-corrected chi connectivity index (χ3v) is 6.85. The molecule has 0 fully saturated rings. The maximum absolute atomic E-state index is 13.4. The van der Waals surface area contributed by atoms with Crippen LogP contribution in [0.5, 0.6) is 0 Å². The van der Waals surface area contributed by atoms with E-state index in [1.54, 1.807) is 17.6 Å². The van der Waals surface area contributed by atoms with E-state index < -0.39 is 17.7 Å². The number of benzene rings is 1. The second-order valence-electron chi connectivity index (χ2n) is 9.51. The molecule has 3 heterocycles. The highest BCUT2D eigenvalue weighted by molar-refractivity contribution is 5.84. The van der Waals surface area contributed by atoms with Crippen LogP contribution < -0.4 is 5.35 Å².